The first-order valence-electron chi connectivity index (χ1n) is 6.70. The average Bonchev–Trinajstić information content (AvgIpc) is 2.86. The van der Waals surface area contributed by atoms with Gasteiger partial charge in [0.05, 0.1) is 5.01 Å². The first-order valence-corrected chi connectivity index (χ1v) is 7.52. The zero-order chi connectivity index (χ0) is 13.9. The first kappa shape index (κ1) is 14.2. The number of nitrogens with zero attached hydrogens (tertiary/aromatic N) is 1. The minimum absolute atomic E-state index is 0.147. The van der Waals surface area contributed by atoms with Crippen LogP contribution in [0, 0.1) is 0 Å². The van der Waals surface area contributed by atoms with Crippen molar-refractivity contribution in [3.8, 4) is 0 Å². The molecule has 2 nitrogen and oxygen atoms in total. The first-order chi connectivity index (χ1) is 8.97. The lowest BCUT2D eigenvalue weighted by Gasteiger charge is -2.14. The van der Waals surface area contributed by atoms with Crippen LogP contribution < -0.4 is 5.32 Å². The molecule has 3 heteroatoms. The molecule has 1 heterocycles. The monoisotopic (exact) mass is 274 g/mol. The van der Waals surface area contributed by atoms with Gasteiger partial charge in [-0.1, -0.05) is 51.1 Å². The fourth-order valence-corrected chi connectivity index (χ4v) is 2.77. The molecule has 1 aromatic heterocycles. The quantitative estimate of drug-likeness (QED) is 0.899. The summed E-state index contributed by atoms with van der Waals surface area (Å²) in [6.45, 7) is 9.69. The summed E-state index contributed by atoms with van der Waals surface area (Å²) >= 11 is 1.80. The predicted molar refractivity (Wildman–Crippen MR) is 82.5 cm³/mol. The lowest BCUT2D eigenvalue weighted by Crippen LogP contribution is -2.17. The van der Waals surface area contributed by atoms with Crippen LogP contribution in [0.1, 0.15) is 49.2 Å². The summed E-state index contributed by atoms with van der Waals surface area (Å²) in [5.41, 5.74) is 1.47. The molecule has 1 atom stereocenters. The molecule has 102 valence electrons. The Labute approximate surface area is 119 Å². The predicted octanol–water partition coefficient (Wildman–Crippen LogP) is 4.29. The molecule has 0 saturated carbocycles. The van der Waals surface area contributed by atoms with Crippen LogP contribution in [0.25, 0.3) is 0 Å². The Hall–Kier alpha value is -1.19. The molecular weight excluding hydrogens is 252 g/mol. The topological polar surface area (TPSA) is 24.9 Å². The van der Waals surface area contributed by atoms with Crippen molar-refractivity contribution >= 4 is 11.3 Å². The molecule has 0 amide bonds. The molecule has 2 aromatic rings. The van der Waals surface area contributed by atoms with Crippen LogP contribution in [-0.4, -0.2) is 4.98 Å². The Morgan fingerprint density at radius 3 is 2.47 bits per heavy atom. The Balaban J connectivity index is 1.94. The highest BCUT2D eigenvalue weighted by atomic mass is 32.1. The van der Waals surface area contributed by atoms with Crippen molar-refractivity contribution in [2.75, 3.05) is 0 Å². The number of rotatable bonds is 4. The minimum Gasteiger partial charge on any atom is -0.305 e. The van der Waals surface area contributed by atoms with Crippen molar-refractivity contribution in [3.05, 3.63) is 52.0 Å². The molecule has 0 aliphatic carbocycles. The van der Waals surface area contributed by atoms with Crippen LogP contribution >= 0.6 is 11.3 Å². The molecule has 0 bridgehead atoms. The lowest BCUT2D eigenvalue weighted by atomic mass is 9.98. The van der Waals surface area contributed by atoms with Gasteiger partial charge in [-0.15, -0.1) is 11.3 Å². The molecule has 0 radical (unpaired) electrons. The van der Waals surface area contributed by atoms with E-state index in [1.807, 2.05) is 6.20 Å². The lowest BCUT2D eigenvalue weighted by molar-refractivity contribution is 0.578. The van der Waals surface area contributed by atoms with E-state index in [2.05, 4.69) is 68.3 Å². The number of benzene rings is 1. The second-order valence-corrected chi connectivity index (χ2v) is 7.01. The number of aromatic nitrogens is 1. The zero-order valence-corrected chi connectivity index (χ0v) is 12.9. The molecular formula is C16H22N2S. The van der Waals surface area contributed by atoms with E-state index >= 15 is 0 Å². The van der Waals surface area contributed by atoms with Crippen LogP contribution in [0.5, 0.6) is 0 Å². The highest BCUT2D eigenvalue weighted by Crippen LogP contribution is 2.27. The molecule has 19 heavy (non-hydrogen) atoms. The van der Waals surface area contributed by atoms with Crippen LogP contribution in [0.2, 0.25) is 0 Å². The third kappa shape index (κ3) is 3.88. The summed E-state index contributed by atoms with van der Waals surface area (Å²) in [4.78, 5) is 5.82. The Kier molecular flexibility index (Phi) is 4.38. The maximum atomic E-state index is 4.52. The van der Waals surface area contributed by atoms with Gasteiger partial charge in [0.15, 0.2) is 0 Å². The number of thiazole rings is 1. The zero-order valence-electron chi connectivity index (χ0n) is 12.1. The van der Waals surface area contributed by atoms with Gasteiger partial charge in [0.25, 0.3) is 0 Å². The van der Waals surface area contributed by atoms with E-state index in [0.717, 1.165) is 6.54 Å². The van der Waals surface area contributed by atoms with Gasteiger partial charge in [-0.05, 0) is 12.5 Å². The van der Waals surface area contributed by atoms with E-state index < -0.39 is 0 Å². The summed E-state index contributed by atoms with van der Waals surface area (Å²) < 4.78 is 0. The number of hydrogen-bond donors (Lipinski definition) is 1. The van der Waals surface area contributed by atoms with Crippen molar-refractivity contribution in [1.29, 1.82) is 0 Å². The minimum atomic E-state index is 0.147. The summed E-state index contributed by atoms with van der Waals surface area (Å²) in [5.74, 6) is 0. The third-order valence-corrected chi connectivity index (χ3v) is 4.50. The Bertz CT molecular complexity index is 511. The highest BCUT2D eigenvalue weighted by Gasteiger charge is 2.18. The van der Waals surface area contributed by atoms with E-state index in [0.29, 0.717) is 6.04 Å². The van der Waals surface area contributed by atoms with Crippen molar-refractivity contribution in [2.45, 2.75) is 45.7 Å². The van der Waals surface area contributed by atoms with Crippen LogP contribution in [0.3, 0.4) is 0 Å². The Morgan fingerprint density at radius 1 is 1.21 bits per heavy atom. The Morgan fingerprint density at radius 2 is 1.89 bits per heavy atom. The summed E-state index contributed by atoms with van der Waals surface area (Å²) in [6, 6.07) is 10.9. The molecule has 0 spiro atoms. The fraction of sp³-hybridized carbons (Fsp3) is 0.438. The van der Waals surface area contributed by atoms with Gasteiger partial charge in [0, 0.05) is 29.1 Å². The van der Waals surface area contributed by atoms with Crippen molar-refractivity contribution < 1.29 is 0 Å². The maximum Gasteiger partial charge on any atom is 0.0981 e. The standard InChI is InChI=1S/C16H22N2S/c1-12(13-8-6-5-7-9-13)17-10-14-11-18-15(19-14)16(2,3)4/h5-9,11-12,17H,10H2,1-4H3/t12-/m0/s1. The highest BCUT2D eigenvalue weighted by molar-refractivity contribution is 7.11. The second-order valence-electron chi connectivity index (χ2n) is 5.89. The third-order valence-electron chi connectivity index (χ3n) is 3.08. The van der Waals surface area contributed by atoms with Crippen molar-refractivity contribution in [3.63, 3.8) is 0 Å². The van der Waals surface area contributed by atoms with Crippen molar-refractivity contribution in [2.24, 2.45) is 0 Å². The molecule has 0 saturated heterocycles. The van der Waals surface area contributed by atoms with Gasteiger partial charge in [0.1, 0.15) is 0 Å². The summed E-state index contributed by atoms with van der Waals surface area (Å²) in [6.07, 6.45) is 2.00. The van der Waals surface area contributed by atoms with Gasteiger partial charge < -0.3 is 5.32 Å². The van der Waals surface area contributed by atoms with E-state index in [1.165, 1.54) is 15.4 Å². The molecule has 2 rings (SSSR count). The van der Waals surface area contributed by atoms with E-state index in [-0.39, 0.29) is 5.41 Å². The number of hydrogen-bond acceptors (Lipinski definition) is 3. The molecule has 1 aromatic carbocycles. The fourth-order valence-electron chi connectivity index (χ4n) is 1.85. The van der Waals surface area contributed by atoms with Gasteiger partial charge in [-0.25, -0.2) is 4.98 Å². The van der Waals surface area contributed by atoms with Crippen LogP contribution in [0.15, 0.2) is 36.5 Å². The van der Waals surface area contributed by atoms with Crippen molar-refractivity contribution in [1.82, 2.24) is 10.3 Å². The van der Waals surface area contributed by atoms with E-state index in [9.17, 15) is 0 Å². The average molecular weight is 274 g/mol. The normalized spacial score (nSPS) is 13.5. The van der Waals surface area contributed by atoms with Gasteiger partial charge in [-0.2, -0.15) is 0 Å². The van der Waals surface area contributed by atoms with Crippen LogP contribution in [-0.2, 0) is 12.0 Å². The molecule has 0 unspecified atom stereocenters. The maximum absolute atomic E-state index is 4.52. The number of nitrogens with one attached hydrogen (secondary N) is 1. The largest absolute Gasteiger partial charge is 0.305 e. The second kappa shape index (κ2) is 5.85. The molecule has 0 aliphatic rings. The molecule has 0 fully saturated rings. The van der Waals surface area contributed by atoms with Gasteiger partial charge >= 0.3 is 0 Å². The molecule has 0 aliphatic heterocycles. The van der Waals surface area contributed by atoms with Crippen LogP contribution in [0.4, 0.5) is 0 Å². The smallest absolute Gasteiger partial charge is 0.0981 e. The summed E-state index contributed by atoms with van der Waals surface area (Å²) in [7, 11) is 0. The summed E-state index contributed by atoms with van der Waals surface area (Å²) in [5, 5.41) is 4.76. The SMILES string of the molecule is C[C@H](NCc1cnc(C(C)(C)C)s1)c1ccccc1. The van der Waals surface area contributed by atoms with E-state index in [1.54, 1.807) is 11.3 Å². The van der Waals surface area contributed by atoms with E-state index in [4.69, 9.17) is 0 Å². The van der Waals surface area contributed by atoms with Gasteiger partial charge in [-0.3, -0.25) is 0 Å². The molecule has 1 N–H and O–H groups in total. The van der Waals surface area contributed by atoms with Gasteiger partial charge in [0.2, 0.25) is 0 Å².